The minimum absolute atomic E-state index is 0.0798. The van der Waals surface area contributed by atoms with Gasteiger partial charge in [0.05, 0.1) is 41.3 Å². The molecule has 9 heteroatoms. The molecule has 0 atom stereocenters. The quantitative estimate of drug-likeness (QED) is 0.426. The third-order valence-corrected chi connectivity index (χ3v) is 6.79. The first kappa shape index (κ1) is 24.6. The van der Waals surface area contributed by atoms with Crippen LogP contribution in [0.5, 0.6) is 5.75 Å². The van der Waals surface area contributed by atoms with Crippen molar-refractivity contribution < 1.29 is 18.7 Å². The number of hydrogen-bond donors (Lipinski definition) is 1. The molecule has 0 unspecified atom stereocenters. The van der Waals surface area contributed by atoms with Gasteiger partial charge >= 0.3 is 6.09 Å². The maximum absolute atomic E-state index is 13.2. The van der Waals surface area contributed by atoms with Crippen LogP contribution in [0.1, 0.15) is 69.3 Å². The van der Waals surface area contributed by atoms with Crippen molar-refractivity contribution in [1.82, 2.24) is 20.1 Å². The van der Waals surface area contributed by atoms with Crippen molar-refractivity contribution in [2.45, 2.75) is 77.2 Å². The summed E-state index contributed by atoms with van der Waals surface area (Å²) in [7, 11) is 0. The van der Waals surface area contributed by atoms with E-state index in [1.54, 1.807) is 23.2 Å². The van der Waals surface area contributed by atoms with Crippen molar-refractivity contribution in [3.05, 3.63) is 64.3 Å². The van der Waals surface area contributed by atoms with Gasteiger partial charge in [0, 0.05) is 17.7 Å². The SMILES string of the molecule is CC(C)(C)OC(=O)N1Cc2cc(Cl)cnc2-c2c(C3CCC(Oc4ccc(F)cc4)CC3)n[nH]c2C1. The van der Waals surface area contributed by atoms with Crippen LogP contribution in [0, 0.1) is 5.82 Å². The lowest BCUT2D eigenvalue weighted by molar-refractivity contribution is 0.0216. The first-order valence-corrected chi connectivity index (χ1v) is 12.7. The second kappa shape index (κ2) is 9.73. The number of aromatic amines is 1. The van der Waals surface area contributed by atoms with Crippen LogP contribution in [0.15, 0.2) is 36.5 Å². The highest BCUT2D eigenvalue weighted by atomic mass is 35.5. The summed E-state index contributed by atoms with van der Waals surface area (Å²) in [6.45, 7) is 6.24. The summed E-state index contributed by atoms with van der Waals surface area (Å²) in [6, 6.07) is 8.02. The lowest BCUT2D eigenvalue weighted by Gasteiger charge is -2.28. The van der Waals surface area contributed by atoms with Crippen molar-refractivity contribution in [2.24, 2.45) is 0 Å². The van der Waals surface area contributed by atoms with Crippen LogP contribution in [0.2, 0.25) is 5.02 Å². The average molecular weight is 513 g/mol. The second-order valence-electron chi connectivity index (χ2n) is 10.5. The number of hydrogen-bond acceptors (Lipinski definition) is 5. The molecule has 0 radical (unpaired) electrons. The zero-order chi connectivity index (χ0) is 25.4. The van der Waals surface area contributed by atoms with Crippen molar-refractivity contribution in [2.75, 3.05) is 0 Å². The monoisotopic (exact) mass is 512 g/mol. The molecule has 0 saturated heterocycles. The van der Waals surface area contributed by atoms with Gasteiger partial charge in [-0.3, -0.25) is 15.0 Å². The van der Waals surface area contributed by atoms with Crippen LogP contribution in [-0.4, -0.2) is 37.9 Å². The minimum atomic E-state index is -0.602. The Bertz CT molecular complexity index is 1250. The number of H-pyrrole nitrogens is 1. The Balaban J connectivity index is 1.38. The summed E-state index contributed by atoms with van der Waals surface area (Å²) in [4.78, 5) is 19.3. The van der Waals surface area contributed by atoms with Gasteiger partial charge in [-0.25, -0.2) is 9.18 Å². The molecular weight excluding hydrogens is 483 g/mol. The predicted octanol–water partition coefficient (Wildman–Crippen LogP) is 6.62. The number of pyridine rings is 1. The number of carbonyl (C=O) groups is 1. The molecule has 3 heterocycles. The molecule has 1 amide bonds. The van der Waals surface area contributed by atoms with E-state index in [-0.39, 0.29) is 17.8 Å². The Labute approximate surface area is 215 Å². The highest BCUT2D eigenvalue weighted by Gasteiger charge is 2.34. The predicted molar refractivity (Wildman–Crippen MR) is 134 cm³/mol. The van der Waals surface area contributed by atoms with Gasteiger partial charge in [-0.2, -0.15) is 5.10 Å². The summed E-state index contributed by atoms with van der Waals surface area (Å²) >= 11 is 6.29. The van der Waals surface area contributed by atoms with Crippen LogP contribution < -0.4 is 4.74 Å². The van der Waals surface area contributed by atoms with Crippen LogP contribution in [-0.2, 0) is 17.8 Å². The molecule has 1 aliphatic carbocycles. The third kappa shape index (κ3) is 5.33. The van der Waals surface area contributed by atoms with E-state index < -0.39 is 11.7 Å². The van der Waals surface area contributed by atoms with Gasteiger partial charge in [-0.1, -0.05) is 11.6 Å². The summed E-state index contributed by atoms with van der Waals surface area (Å²) < 4.78 is 24.9. The normalized spacial score (nSPS) is 19.8. The zero-order valence-electron chi connectivity index (χ0n) is 20.7. The van der Waals surface area contributed by atoms with E-state index in [9.17, 15) is 9.18 Å². The molecular formula is C27H30ClFN4O3. The molecule has 1 N–H and O–H groups in total. The first-order valence-electron chi connectivity index (χ1n) is 12.3. The van der Waals surface area contributed by atoms with E-state index in [1.165, 1.54) is 12.1 Å². The summed E-state index contributed by atoms with van der Waals surface area (Å²) in [5, 5.41) is 8.41. The number of carbonyl (C=O) groups excluding carboxylic acids is 1. The van der Waals surface area contributed by atoms with Crippen LogP contribution in [0.25, 0.3) is 11.3 Å². The van der Waals surface area contributed by atoms with E-state index in [4.69, 9.17) is 26.2 Å². The lowest BCUT2D eigenvalue weighted by atomic mass is 9.83. The highest BCUT2D eigenvalue weighted by molar-refractivity contribution is 6.30. The smallest absolute Gasteiger partial charge is 0.410 e. The number of benzene rings is 1. The Kier molecular flexibility index (Phi) is 6.64. The number of rotatable bonds is 3. The molecule has 0 spiro atoms. The Morgan fingerprint density at radius 2 is 1.86 bits per heavy atom. The second-order valence-corrected chi connectivity index (χ2v) is 10.9. The van der Waals surface area contributed by atoms with Crippen LogP contribution in [0.3, 0.4) is 0 Å². The molecule has 1 aliphatic heterocycles. The van der Waals surface area contributed by atoms with E-state index >= 15 is 0 Å². The Morgan fingerprint density at radius 3 is 2.56 bits per heavy atom. The largest absolute Gasteiger partial charge is 0.490 e. The van der Waals surface area contributed by atoms with Gasteiger partial charge in [0.15, 0.2) is 0 Å². The summed E-state index contributed by atoms with van der Waals surface area (Å²) in [6.07, 6.45) is 4.87. The molecule has 190 valence electrons. The number of nitrogens with one attached hydrogen (secondary N) is 1. The zero-order valence-corrected chi connectivity index (χ0v) is 21.4. The van der Waals surface area contributed by atoms with Crippen LogP contribution in [0.4, 0.5) is 9.18 Å². The Hall–Kier alpha value is -3.13. The van der Waals surface area contributed by atoms with E-state index in [2.05, 4.69) is 10.1 Å². The molecule has 36 heavy (non-hydrogen) atoms. The number of halogens is 2. The van der Waals surface area contributed by atoms with Gasteiger partial charge in [0.2, 0.25) is 0 Å². The molecule has 1 aromatic carbocycles. The highest BCUT2D eigenvalue weighted by Crippen LogP contribution is 2.42. The maximum Gasteiger partial charge on any atom is 0.410 e. The fourth-order valence-electron chi connectivity index (χ4n) is 4.96. The number of aromatic nitrogens is 3. The Morgan fingerprint density at radius 1 is 1.14 bits per heavy atom. The van der Waals surface area contributed by atoms with Crippen molar-refractivity contribution in [3.63, 3.8) is 0 Å². The maximum atomic E-state index is 13.2. The first-order chi connectivity index (χ1) is 17.2. The minimum Gasteiger partial charge on any atom is -0.490 e. The molecule has 2 aromatic heterocycles. The third-order valence-electron chi connectivity index (χ3n) is 6.58. The van der Waals surface area contributed by atoms with Gasteiger partial charge in [-0.05, 0) is 82.3 Å². The molecule has 5 rings (SSSR count). The lowest BCUT2D eigenvalue weighted by Crippen LogP contribution is -2.35. The number of ether oxygens (including phenoxy) is 2. The van der Waals surface area contributed by atoms with E-state index in [0.29, 0.717) is 23.9 Å². The van der Waals surface area contributed by atoms with E-state index in [0.717, 1.165) is 53.9 Å². The fourth-order valence-corrected chi connectivity index (χ4v) is 5.14. The van der Waals surface area contributed by atoms with Crippen molar-refractivity contribution in [3.8, 4) is 17.0 Å². The fraction of sp³-hybridized carbons (Fsp3) is 0.444. The molecule has 1 fully saturated rings. The number of nitrogens with zero attached hydrogens (tertiary/aromatic N) is 3. The van der Waals surface area contributed by atoms with Crippen molar-refractivity contribution >= 4 is 17.7 Å². The molecule has 0 bridgehead atoms. The molecule has 2 aliphatic rings. The number of fused-ring (bicyclic) bond motifs is 3. The van der Waals surface area contributed by atoms with Gasteiger partial charge in [-0.15, -0.1) is 0 Å². The topological polar surface area (TPSA) is 80.3 Å². The van der Waals surface area contributed by atoms with Gasteiger partial charge in [0.1, 0.15) is 17.2 Å². The standard InChI is InChI=1S/C27H30ClFN4O3/c1-27(2,3)36-26(34)33-14-17-12-18(28)13-30-24(17)23-22(15-33)31-32-25(23)16-4-8-20(9-5-16)35-21-10-6-19(29)7-11-21/h6-7,10-13,16,20H,4-5,8-9,14-15H2,1-3H3,(H,31,32). The average Bonchev–Trinajstić information content (AvgIpc) is 3.15. The van der Waals surface area contributed by atoms with Gasteiger partial charge in [0.25, 0.3) is 0 Å². The van der Waals surface area contributed by atoms with Gasteiger partial charge < -0.3 is 9.47 Å². The van der Waals surface area contributed by atoms with Crippen molar-refractivity contribution in [1.29, 1.82) is 0 Å². The summed E-state index contributed by atoms with van der Waals surface area (Å²) in [5.74, 6) is 0.646. The summed E-state index contributed by atoms with van der Waals surface area (Å²) in [5.41, 5.74) is 3.82. The van der Waals surface area contributed by atoms with Crippen LogP contribution >= 0.6 is 11.6 Å². The molecule has 7 nitrogen and oxygen atoms in total. The molecule has 3 aromatic rings. The van der Waals surface area contributed by atoms with E-state index in [1.807, 2.05) is 26.8 Å². The molecule has 1 saturated carbocycles. The number of amides is 1.